The minimum absolute atomic E-state index is 0.473. The number of pyridine rings is 6. The Bertz CT molecular complexity index is 9520. The van der Waals surface area contributed by atoms with Crippen molar-refractivity contribution in [2.24, 2.45) is 0 Å². The molecule has 670 valence electrons. The highest BCUT2D eigenvalue weighted by molar-refractivity contribution is 6.08. The van der Waals surface area contributed by atoms with Gasteiger partial charge in [-0.05, 0) is 139 Å². The van der Waals surface area contributed by atoms with E-state index in [1.54, 1.807) is 0 Å². The molecule has 0 unspecified atom stereocenters. The number of hydrogen-bond donors (Lipinski definition) is 0. The van der Waals surface area contributed by atoms with Crippen LogP contribution in [-0.2, 0) is 16.2 Å². The van der Waals surface area contributed by atoms with Crippen LogP contribution in [0.2, 0.25) is 0 Å². The average Bonchev–Trinajstić information content (AvgIpc) is 1.51. The molecule has 6 aliphatic rings. The number of benzene rings is 19. The molecule has 144 heavy (non-hydrogen) atoms. The molecular weight excluding hydrogens is 1750 g/mol. The topological polar surface area (TPSA) is 105 Å². The lowest BCUT2D eigenvalue weighted by Gasteiger charge is -2.40. The maximum absolute atomic E-state index is 6.91. The maximum Gasteiger partial charge on any atom is 0.141 e. The summed E-state index contributed by atoms with van der Waals surface area (Å²) >= 11 is 0. The van der Waals surface area contributed by atoms with Gasteiger partial charge in [0.1, 0.15) is 34.5 Å². The van der Waals surface area contributed by atoms with Gasteiger partial charge in [0.05, 0.1) is 77.8 Å². The normalized spacial score (nSPS) is 13.5. The lowest BCUT2D eigenvalue weighted by atomic mass is 9.65. The van der Waals surface area contributed by atoms with Crippen LogP contribution in [0.25, 0.3) is 177 Å². The third kappa shape index (κ3) is 12.4. The lowest BCUT2D eigenvalue weighted by molar-refractivity contribution is 0.438. The molecule has 0 atom stereocenters. The number of fused-ring (bicyclic) bond motifs is 36. The molecule has 0 saturated carbocycles. The molecule has 31 rings (SSSR count). The molecule has 9 heteroatoms. The standard InChI is InChI=1S/C49H30N2O.2C43H26N2O/c1-2-11-32(12-3-1)43-29-27-34-25-26-35-28-30-44(51-47(35)46(34)50-43)33-23-21-31(22-24-33)36-15-10-19-42-48(36)52-45-20-9-8-18-41(45)49(42)39-16-6-4-13-37(39)38-14-5-7-17-40(38)49;1-3-13-34-32(10-1)33-11-2-4-14-35(33)43(34)36-15-5-6-17-39(36)46-42-31(12-7-16-37(42)43)27-18-20-28(21-19-27)38-25-24-30-23-22-29-9-8-26-44-40(29)41(30)45-38;1-2-11-27(12-3-1)37-25-23-28-21-22-29-24-26-38(45-41(29)40(28)44-37)32-15-10-19-36-42(32)46-39-20-9-8-18-35(39)43(36)33-16-6-4-13-30(33)31-14-5-7-17-34(31)43/h1-30H;2*1-26H. The molecule has 0 amide bonds. The van der Waals surface area contributed by atoms with E-state index in [9.17, 15) is 0 Å². The summed E-state index contributed by atoms with van der Waals surface area (Å²) in [6.07, 6.45) is 1.83. The summed E-state index contributed by atoms with van der Waals surface area (Å²) < 4.78 is 20.7. The fraction of sp³-hybridized carbons (Fsp3) is 0.0222. The molecule has 0 radical (unpaired) electrons. The second kappa shape index (κ2) is 32.6. The zero-order valence-corrected chi connectivity index (χ0v) is 77.8. The first-order valence-corrected chi connectivity index (χ1v) is 49.1. The molecule has 9 heterocycles. The number of hydrogen-bond acceptors (Lipinski definition) is 9. The van der Waals surface area contributed by atoms with Gasteiger partial charge in [-0.25, -0.2) is 24.9 Å². The largest absolute Gasteiger partial charge is 0.456 e. The number of nitrogens with zero attached hydrogens (tertiary/aromatic N) is 6. The Morgan fingerprint density at radius 2 is 0.361 bits per heavy atom. The van der Waals surface area contributed by atoms with Gasteiger partial charge < -0.3 is 14.2 Å². The van der Waals surface area contributed by atoms with Crippen molar-refractivity contribution < 1.29 is 14.2 Å². The summed E-state index contributed by atoms with van der Waals surface area (Å²) in [7, 11) is 0. The van der Waals surface area contributed by atoms with Gasteiger partial charge in [0.2, 0.25) is 0 Å². The van der Waals surface area contributed by atoms with E-state index in [-0.39, 0.29) is 0 Å². The minimum atomic E-state index is -0.511. The highest BCUT2D eigenvalue weighted by atomic mass is 16.5. The molecule has 3 spiro atoms. The van der Waals surface area contributed by atoms with Gasteiger partial charge in [-0.15, -0.1) is 0 Å². The van der Waals surface area contributed by atoms with E-state index in [0.717, 1.165) is 195 Å². The van der Waals surface area contributed by atoms with Crippen LogP contribution in [-0.4, -0.2) is 29.9 Å². The van der Waals surface area contributed by atoms with E-state index in [2.05, 4.69) is 454 Å². The molecule has 0 bridgehead atoms. The number of rotatable bonds is 7. The molecule has 9 nitrogen and oxygen atoms in total. The van der Waals surface area contributed by atoms with Gasteiger partial charge in [0.15, 0.2) is 0 Å². The summed E-state index contributed by atoms with van der Waals surface area (Å²) in [6.45, 7) is 0. The number of para-hydroxylation sites is 6. The van der Waals surface area contributed by atoms with Crippen molar-refractivity contribution in [3.8, 4) is 146 Å². The highest BCUT2D eigenvalue weighted by Gasteiger charge is 2.55. The van der Waals surface area contributed by atoms with Crippen molar-refractivity contribution in [2.45, 2.75) is 16.2 Å². The molecular formula is C135H82N6O3. The van der Waals surface area contributed by atoms with E-state index in [0.29, 0.717) is 0 Å². The molecule has 25 aromatic rings. The van der Waals surface area contributed by atoms with Gasteiger partial charge in [-0.3, -0.25) is 4.98 Å². The van der Waals surface area contributed by atoms with Crippen LogP contribution in [0.4, 0.5) is 0 Å². The van der Waals surface area contributed by atoms with Crippen molar-refractivity contribution in [3.63, 3.8) is 0 Å². The van der Waals surface area contributed by atoms with Crippen molar-refractivity contribution >= 4 is 65.4 Å². The fourth-order valence-corrected chi connectivity index (χ4v) is 24.2. The number of ether oxygens (including phenoxy) is 3. The third-order valence-corrected chi connectivity index (χ3v) is 30.5. The van der Waals surface area contributed by atoms with Crippen LogP contribution in [0, 0.1) is 0 Å². The Labute approximate surface area is 830 Å². The first kappa shape index (κ1) is 82.1. The first-order chi connectivity index (χ1) is 71.4. The lowest BCUT2D eigenvalue weighted by Crippen LogP contribution is -2.32. The fourth-order valence-electron chi connectivity index (χ4n) is 24.2. The predicted molar refractivity (Wildman–Crippen MR) is 581 cm³/mol. The Morgan fingerprint density at radius 3 is 0.688 bits per heavy atom. The van der Waals surface area contributed by atoms with Crippen LogP contribution in [0.3, 0.4) is 0 Å². The van der Waals surface area contributed by atoms with Crippen molar-refractivity contribution in [1.82, 2.24) is 29.9 Å². The first-order valence-electron chi connectivity index (χ1n) is 49.1. The van der Waals surface area contributed by atoms with E-state index >= 15 is 0 Å². The molecule has 3 aliphatic heterocycles. The predicted octanol–water partition coefficient (Wildman–Crippen LogP) is 33.4. The maximum atomic E-state index is 6.91. The summed E-state index contributed by atoms with van der Waals surface area (Å²) in [5.41, 5.74) is 40.5. The molecule has 3 aliphatic carbocycles. The van der Waals surface area contributed by atoms with Gasteiger partial charge in [0.25, 0.3) is 0 Å². The Morgan fingerprint density at radius 1 is 0.139 bits per heavy atom. The quantitative estimate of drug-likeness (QED) is 0.144. The minimum Gasteiger partial charge on any atom is -0.456 e. The highest BCUT2D eigenvalue weighted by Crippen LogP contribution is 2.68. The van der Waals surface area contributed by atoms with Crippen LogP contribution in [0.5, 0.6) is 34.5 Å². The summed E-state index contributed by atoms with van der Waals surface area (Å²) in [6, 6.07) is 174. The van der Waals surface area contributed by atoms with E-state index in [1.807, 2.05) is 48.7 Å². The summed E-state index contributed by atoms with van der Waals surface area (Å²) in [5, 5.41) is 6.45. The molecule has 0 N–H and O–H groups in total. The average molecular weight is 1840 g/mol. The molecule has 19 aromatic carbocycles. The van der Waals surface area contributed by atoms with Crippen LogP contribution >= 0.6 is 0 Å². The zero-order valence-electron chi connectivity index (χ0n) is 77.8. The summed E-state index contributed by atoms with van der Waals surface area (Å²) in [5.74, 6) is 5.30. The molecule has 6 aromatic heterocycles. The zero-order chi connectivity index (χ0) is 94.7. The van der Waals surface area contributed by atoms with E-state index in [1.165, 1.54) is 83.5 Å². The second-order valence-electron chi connectivity index (χ2n) is 37.9. The van der Waals surface area contributed by atoms with Gasteiger partial charge in [-0.1, -0.05) is 431 Å². The van der Waals surface area contributed by atoms with Crippen molar-refractivity contribution in [1.29, 1.82) is 0 Å². The van der Waals surface area contributed by atoms with Gasteiger partial charge >= 0.3 is 0 Å². The van der Waals surface area contributed by atoms with Gasteiger partial charge in [0, 0.05) is 111 Å². The van der Waals surface area contributed by atoms with Crippen molar-refractivity contribution in [2.75, 3.05) is 0 Å². The van der Waals surface area contributed by atoms with Gasteiger partial charge in [-0.2, -0.15) is 0 Å². The SMILES string of the molecule is c1ccc(-c2ccc3ccc4ccc(-c5ccc(-c6cccc7c6Oc6ccccc6C76c7ccccc7-c7ccccc76)cc5)nc4c3n2)cc1.c1ccc(-c2ccc3ccc4ccc(-c5cccc6c5Oc5ccccc5C65c6ccccc6-c6ccccc65)nc4c3n2)cc1.c1ccc2c(c1)Oc1c(-c3ccc(-c4ccc5ccc6cccnc6c5n4)cc3)cccc1C21c2ccccc2-c2ccccc21. The third-order valence-electron chi connectivity index (χ3n) is 30.5. The second-order valence-corrected chi connectivity index (χ2v) is 37.9. The van der Waals surface area contributed by atoms with Crippen LogP contribution in [0.1, 0.15) is 66.8 Å². The monoisotopic (exact) mass is 1830 g/mol. The smallest absolute Gasteiger partial charge is 0.141 e. The van der Waals surface area contributed by atoms with Crippen LogP contribution < -0.4 is 14.2 Å². The number of aromatic nitrogens is 6. The van der Waals surface area contributed by atoms with Crippen molar-refractivity contribution in [3.05, 3.63) is 564 Å². The van der Waals surface area contributed by atoms with E-state index in [4.69, 9.17) is 39.1 Å². The van der Waals surface area contributed by atoms with Crippen LogP contribution in [0.15, 0.2) is 498 Å². The molecule has 0 fully saturated rings. The Hall–Kier alpha value is -19.0. The van der Waals surface area contributed by atoms with E-state index < -0.39 is 16.2 Å². The Kier molecular flexibility index (Phi) is 18.6. The molecule has 0 saturated heterocycles. The summed E-state index contributed by atoms with van der Waals surface area (Å²) in [4.78, 5) is 30.5. The Balaban J connectivity index is 0.000000103.